The Labute approximate surface area is 164 Å². The van der Waals surface area contributed by atoms with Gasteiger partial charge in [-0.3, -0.25) is 4.90 Å². The highest BCUT2D eigenvalue weighted by atomic mass is 32.1. The van der Waals surface area contributed by atoms with E-state index >= 15 is 0 Å². The van der Waals surface area contributed by atoms with Crippen LogP contribution in [0.4, 0.5) is 10.5 Å². The number of nitriles is 1. The van der Waals surface area contributed by atoms with E-state index in [1.807, 2.05) is 11.3 Å². The Balaban J connectivity index is 1.34. The molecule has 140 valence electrons. The van der Waals surface area contributed by atoms with Gasteiger partial charge in [-0.1, -0.05) is 12.5 Å². The number of amides is 2. The zero-order valence-electron chi connectivity index (χ0n) is 15.2. The quantitative estimate of drug-likeness (QED) is 0.830. The zero-order chi connectivity index (χ0) is 18.6. The highest BCUT2D eigenvalue weighted by Gasteiger charge is 2.38. The summed E-state index contributed by atoms with van der Waals surface area (Å²) < 4.78 is 0. The Morgan fingerprint density at radius 1 is 1.19 bits per heavy atom. The molecule has 2 atom stereocenters. The van der Waals surface area contributed by atoms with E-state index in [0.717, 1.165) is 19.4 Å². The fourth-order valence-corrected chi connectivity index (χ4v) is 5.13. The Morgan fingerprint density at radius 3 is 2.56 bits per heavy atom. The first kappa shape index (κ1) is 18.0. The third-order valence-electron chi connectivity index (χ3n) is 5.65. The number of piperidine rings is 2. The average Bonchev–Trinajstić information content (AvgIpc) is 3.16. The summed E-state index contributed by atoms with van der Waals surface area (Å²) in [4.78, 5) is 16.5. The van der Waals surface area contributed by atoms with E-state index in [9.17, 15) is 4.79 Å². The highest BCUT2D eigenvalue weighted by Crippen LogP contribution is 2.35. The topological polar surface area (TPSA) is 68.2 Å². The molecular formula is C21H24N4OS. The molecule has 0 aliphatic carbocycles. The summed E-state index contributed by atoms with van der Waals surface area (Å²) in [5.74, 6) is 0. The number of benzene rings is 1. The molecule has 2 fully saturated rings. The van der Waals surface area contributed by atoms with Crippen molar-refractivity contribution in [1.82, 2.24) is 10.2 Å². The minimum Gasteiger partial charge on any atom is -0.335 e. The molecule has 2 N–H and O–H groups in total. The summed E-state index contributed by atoms with van der Waals surface area (Å²) >= 11 is 1.83. The second kappa shape index (κ2) is 8.12. The summed E-state index contributed by atoms with van der Waals surface area (Å²) in [6, 6.07) is 14.5. The van der Waals surface area contributed by atoms with E-state index in [0.29, 0.717) is 23.3 Å². The maximum atomic E-state index is 12.4. The van der Waals surface area contributed by atoms with E-state index in [4.69, 9.17) is 5.26 Å². The van der Waals surface area contributed by atoms with Gasteiger partial charge in [-0.05, 0) is 61.4 Å². The average molecular weight is 381 g/mol. The number of anilines is 1. The van der Waals surface area contributed by atoms with Crippen LogP contribution in [-0.4, -0.2) is 29.1 Å². The van der Waals surface area contributed by atoms with Gasteiger partial charge in [-0.25, -0.2) is 4.79 Å². The molecule has 0 spiro atoms. The molecule has 0 radical (unpaired) electrons. The molecule has 2 aromatic rings. The maximum Gasteiger partial charge on any atom is 0.319 e. The summed E-state index contributed by atoms with van der Waals surface area (Å²) in [6.07, 6.45) is 5.76. The fourth-order valence-electron chi connectivity index (χ4n) is 4.42. The smallest absolute Gasteiger partial charge is 0.319 e. The third kappa shape index (κ3) is 4.32. The first-order chi connectivity index (χ1) is 13.2. The highest BCUT2D eigenvalue weighted by molar-refractivity contribution is 7.09. The Morgan fingerprint density at radius 2 is 1.93 bits per heavy atom. The lowest BCUT2D eigenvalue weighted by molar-refractivity contribution is 0.0208. The lowest BCUT2D eigenvalue weighted by Crippen LogP contribution is -2.56. The molecule has 3 heterocycles. The van der Waals surface area contributed by atoms with E-state index in [1.54, 1.807) is 24.3 Å². The molecule has 1 aromatic carbocycles. The van der Waals surface area contributed by atoms with Crippen molar-refractivity contribution in [2.24, 2.45) is 0 Å². The van der Waals surface area contributed by atoms with Crippen LogP contribution < -0.4 is 10.6 Å². The lowest BCUT2D eigenvalue weighted by atomic mass is 9.81. The van der Waals surface area contributed by atoms with Crippen LogP contribution >= 0.6 is 11.3 Å². The summed E-state index contributed by atoms with van der Waals surface area (Å²) in [5.41, 5.74) is 1.30. The van der Waals surface area contributed by atoms with Crippen LogP contribution in [0.25, 0.3) is 0 Å². The van der Waals surface area contributed by atoms with Gasteiger partial charge < -0.3 is 10.6 Å². The molecule has 0 unspecified atom stereocenters. The molecule has 6 heteroatoms. The van der Waals surface area contributed by atoms with Crippen molar-refractivity contribution < 1.29 is 4.79 Å². The van der Waals surface area contributed by atoms with Crippen molar-refractivity contribution in [3.8, 4) is 6.07 Å². The van der Waals surface area contributed by atoms with Crippen molar-refractivity contribution >= 4 is 23.1 Å². The van der Waals surface area contributed by atoms with Crippen LogP contribution in [-0.2, 0) is 6.54 Å². The molecule has 0 saturated carbocycles. The van der Waals surface area contributed by atoms with Crippen molar-refractivity contribution in [1.29, 1.82) is 5.26 Å². The standard InChI is InChI=1S/C21H24N4OS/c22-13-15-6-8-16(9-7-15)23-21(26)24-17-11-18-3-1-4-19(12-17)25(18)14-20-5-2-10-27-20/h2,5-10,17-19H,1,3-4,11-12,14H2,(H2,23,24,26)/t18-,19-/m1/s1. The summed E-state index contributed by atoms with van der Waals surface area (Å²) in [5, 5.41) is 17.0. The molecular weight excluding hydrogens is 356 g/mol. The van der Waals surface area contributed by atoms with Crippen LogP contribution in [0.2, 0.25) is 0 Å². The Bertz CT molecular complexity index is 798. The SMILES string of the molecule is N#Cc1ccc(NC(=O)NC2C[C@H]3CCC[C@H](C2)N3Cc2cccs2)cc1. The Kier molecular flexibility index (Phi) is 5.42. The number of rotatable bonds is 4. The fraction of sp³-hybridized carbons (Fsp3) is 0.429. The molecule has 4 rings (SSSR count). The van der Waals surface area contributed by atoms with Crippen LogP contribution in [0.5, 0.6) is 0 Å². The third-order valence-corrected chi connectivity index (χ3v) is 6.51. The largest absolute Gasteiger partial charge is 0.335 e. The monoisotopic (exact) mass is 380 g/mol. The van der Waals surface area contributed by atoms with E-state index < -0.39 is 0 Å². The van der Waals surface area contributed by atoms with Crippen molar-refractivity contribution in [3.05, 3.63) is 52.2 Å². The summed E-state index contributed by atoms with van der Waals surface area (Å²) in [6.45, 7) is 1.04. The second-order valence-corrected chi connectivity index (χ2v) is 8.48. The van der Waals surface area contributed by atoms with Gasteiger partial charge in [0.15, 0.2) is 0 Å². The molecule has 2 bridgehead atoms. The number of nitrogens with zero attached hydrogens (tertiary/aromatic N) is 2. The molecule has 2 aliphatic heterocycles. The second-order valence-electron chi connectivity index (χ2n) is 7.45. The number of hydrogen-bond donors (Lipinski definition) is 2. The van der Waals surface area contributed by atoms with Crippen LogP contribution in [0.1, 0.15) is 42.5 Å². The maximum absolute atomic E-state index is 12.4. The lowest BCUT2D eigenvalue weighted by Gasteiger charge is -2.48. The van der Waals surface area contributed by atoms with Gasteiger partial charge in [0, 0.05) is 35.2 Å². The van der Waals surface area contributed by atoms with E-state index in [1.165, 1.54) is 24.1 Å². The van der Waals surface area contributed by atoms with Crippen LogP contribution in [0.15, 0.2) is 41.8 Å². The van der Waals surface area contributed by atoms with Crippen molar-refractivity contribution in [2.75, 3.05) is 5.32 Å². The minimum atomic E-state index is -0.158. The number of nitrogens with one attached hydrogen (secondary N) is 2. The molecule has 2 amide bonds. The first-order valence-corrected chi connectivity index (χ1v) is 10.4. The van der Waals surface area contributed by atoms with Gasteiger partial charge in [-0.15, -0.1) is 11.3 Å². The van der Waals surface area contributed by atoms with Gasteiger partial charge in [0.25, 0.3) is 0 Å². The van der Waals surface area contributed by atoms with Gasteiger partial charge in [0.2, 0.25) is 0 Å². The number of carbonyl (C=O) groups is 1. The molecule has 1 aromatic heterocycles. The summed E-state index contributed by atoms with van der Waals surface area (Å²) in [7, 11) is 0. The normalized spacial score (nSPS) is 24.8. The molecule has 2 saturated heterocycles. The predicted molar refractivity (Wildman–Crippen MR) is 108 cm³/mol. The molecule has 27 heavy (non-hydrogen) atoms. The number of carbonyl (C=O) groups excluding carboxylic acids is 1. The van der Waals surface area contributed by atoms with Crippen LogP contribution in [0.3, 0.4) is 0 Å². The van der Waals surface area contributed by atoms with Gasteiger partial charge in [0.05, 0.1) is 11.6 Å². The zero-order valence-corrected chi connectivity index (χ0v) is 16.0. The number of thiophene rings is 1. The van der Waals surface area contributed by atoms with E-state index in [-0.39, 0.29) is 12.1 Å². The number of hydrogen-bond acceptors (Lipinski definition) is 4. The van der Waals surface area contributed by atoms with Gasteiger partial charge >= 0.3 is 6.03 Å². The van der Waals surface area contributed by atoms with E-state index in [2.05, 4.69) is 39.1 Å². The van der Waals surface area contributed by atoms with Gasteiger partial charge in [0.1, 0.15) is 0 Å². The number of fused-ring (bicyclic) bond motifs is 2. The molecule has 5 nitrogen and oxygen atoms in total. The van der Waals surface area contributed by atoms with Crippen molar-refractivity contribution in [2.45, 2.75) is 56.8 Å². The van der Waals surface area contributed by atoms with Gasteiger partial charge in [-0.2, -0.15) is 5.26 Å². The van der Waals surface area contributed by atoms with Crippen LogP contribution in [0, 0.1) is 11.3 Å². The first-order valence-electron chi connectivity index (χ1n) is 9.57. The number of urea groups is 1. The minimum absolute atomic E-state index is 0.158. The Hall–Kier alpha value is -2.36. The molecule has 2 aliphatic rings. The van der Waals surface area contributed by atoms with Crippen molar-refractivity contribution in [3.63, 3.8) is 0 Å². The predicted octanol–water partition coefficient (Wildman–Crippen LogP) is 4.33.